The van der Waals surface area contributed by atoms with Crippen LogP contribution < -0.4 is 0 Å². The summed E-state index contributed by atoms with van der Waals surface area (Å²) >= 11 is 0. The van der Waals surface area contributed by atoms with Crippen LogP contribution in [0.1, 0.15) is 18.1 Å². The third kappa shape index (κ3) is 3.00. The molecular weight excluding hydrogens is 246 g/mol. The van der Waals surface area contributed by atoms with Gasteiger partial charge in [-0.1, -0.05) is 30.8 Å². The topological polar surface area (TPSA) is 37.4 Å². The van der Waals surface area contributed by atoms with Crippen molar-refractivity contribution < 1.29 is 8.42 Å². The summed E-state index contributed by atoms with van der Waals surface area (Å²) in [5.74, 6) is 0.156. The SMILES string of the molecule is C=CS(=O)(=O)CCN1Cc2ccccc2CC1C. The van der Waals surface area contributed by atoms with Gasteiger partial charge in [0.25, 0.3) is 0 Å². The van der Waals surface area contributed by atoms with E-state index in [-0.39, 0.29) is 5.75 Å². The molecule has 1 atom stereocenters. The Hall–Kier alpha value is -1.13. The average Bonchev–Trinajstić information content (AvgIpc) is 2.36. The monoisotopic (exact) mass is 265 g/mol. The van der Waals surface area contributed by atoms with E-state index < -0.39 is 9.84 Å². The Morgan fingerprint density at radius 1 is 1.39 bits per heavy atom. The standard InChI is InChI=1S/C14H19NO2S/c1-3-18(16,17)9-8-15-11-14-7-5-4-6-13(14)10-12(15)2/h3-7,12H,1,8-11H2,2H3. The van der Waals surface area contributed by atoms with Crippen LogP contribution in [-0.4, -0.2) is 31.7 Å². The molecule has 1 aromatic carbocycles. The number of rotatable bonds is 4. The molecule has 0 radical (unpaired) electrons. The number of sulfone groups is 1. The average molecular weight is 265 g/mol. The van der Waals surface area contributed by atoms with Gasteiger partial charge in [0.2, 0.25) is 0 Å². The molecule has 1 aromatic rings. The lowest BCUT2D eigenvalue weighted by atomic mass is 9.95. The predicted molar refractivity (Wildman–Crippen MR) is 74.0 cm³/mol. The van der Waals surface area contributed by atoms with Crippen LogP contribution in [-0.2, 0) is 22.8 Å². The minimum atomic E-state index is -3.10. The second-order valence-corrected chi connectivity index (χ2v) is 6.89. The molecule has 0 fully saturated rings. The van der Waals surface area contributed by atoms with E-state index in [9.17, 15) is 8.42 Å². The fraction of sp³-hybridized carbons (Fsp3) is 0.429. The quantitative estimate of drug-likeness (QED) is 0.835. The van der Waals surface area contributed by atoms with E-state index >= 15 is 0 Å². The van der Waals surface area contributed by atoms with Crippen LogP contribution in [0.4, 0.5) is 0 Å². The highest BCUT2D eigenvalue weighted by Gasteiger charge is 2.23. The van der Waals surface area contributed by atoms with Crippen molar-refractivity contribution in [3.05, 3.63) is 47.4 Å². The summed E-state index contributed by atoms with van der Waals surface area (Å²) in [6.07, 6.45) is 0.990. The number of hydrogen-bond donors (Lipinski definition) is 0. The minimum Gasteiger partial charge on any atom is -0.295 e. The summed E-state index contributed by atoms with van der Waals surface area (Å²) in [6, 6.07) is 8.76. The zero-order valence-electron chi connectivity index (χ0n) is 10.7. The number of nitrogens with zero attached hydrogens (tertiary/aromatic N) is 1. The molecule has 0 saturated carbocycles. The molecule has 0 aromatic heterocycles. The molecule has 18 heavy (non-hydrogen) atoms. The molecular formula is C14H19NO2S. The predicted octanol–water partition coefficient (Wildman–Crippen LogP) is 1.99. The maximum Gasteiger partial charge on any atom is 0.172 e. The Labute approximate surface area is 109 Å². The molecule has 3 nitrogen and oxygen atoms in total. The molecule has 98 valence electrons. The van der Waals surface area contributed by atoms with Crippen LogP contribution in [0.15, 0.2) is 36.3 Å². The summed E-state index contributed by atoms with van der Waals surface area (Å²) in [7, 11) is -3.10. The van der Waals surface area contributed by atoms with Crippen LogP contribution in [0.3, 0.4) is 0 Å². The lowest BCUT2D eigenvalue weighted by molar-refractivity contribution is 0.196. The fourth-order valence-corrected chi connectivity index (χ4v) is 3.02. The van der Waals surface area contributed by atoms with Gasteiger partial charge in [-0.15, -0.1) is 0 Å². The molecule has 0 bridgehead atoms. The molecule has 4 heteroatoms. The van der Waals surface area contributed by atoms with Crippen molar-refractivity contribution >= 4 is 9.84 Å². The summed E-state index contributed by atoms with van der Waals surface area (Å²) < 4.78 is 22.9. The highest BCUT2D eigenvalue weighted by atomic mass is 32.2. The van der Waals surface area contributed by atoms with Crippen LogP contribution in [0, 0.1) is 0 Å². The first-order chi connectivity index (χ1) is 8.52. The van der Waals surface area contributed by atoms with E-state index in [4.69, 9.17) is 0 Å². The molecule has 0 amide bonds. The number of fused-ring (bicyclic) bond motifs is 1. The molecule has 0 saturated heterocycles. The van der Waals surface area contributed by atoms with E-state index in [1.54, 1.807) is 0 Å². The van der Waals surface area contributed by atoms with Crippen molar-refractivity contribution in [3.63, 3.8) is 0 Å². The molecule has 1 aliphatic heterocycles. The van der Waals surface area contributed by atoms with Gasteiger partial charge in [-0.25, -0.2) is 8.42 Å². The molecule has 0 N–H and O–H groups in total. The molecule has 1 unspecified atom stereocenters. The lowest BCUT2D eigenvalue weighted by Crippen LogP contribution is -2.40. The number of benzene rings is 1. The van der Waals surface area contributed by atoms with Gasteiger partial charge in [-0.2, -0.15) is 0 Å². The Morgan fingerprint density at radius 2 is 2.06 bits per heavy atom. The molecule has 2 rings (SSSR count). The first kappa shape index (κ1) is 13.3. The van der Waals surface area contributed by atoms with Gasteiger partial charge in [0.1, 0.15) is 0 Å². The third-order valence-electron chi connectivity index (χ3n) is 3.55. The van der Waals surface area contributed by atoms with Crippen molar-refractivity contribution in [2.45, 2.75) is 25.9 Å². The Kier molecular flexibility index (Phi) is 3.88. The maximum absolute atomic E-state index is 11.4. The summed E-state index contributed by atoms with van der Waals surface area (Å²) in [5, 5.41) is 1.05. The second kappa shape index (κ2) is 5.24. The normalized spacial score (nSPS) is 20.4. The van der Waals surface area contributed by atoms with Crippen LogP contribution in [0.5, 0.6) is 0 Å². The lowest BCUT2D eigenvalue weighted by Gasteiger charge is -2.34. The van der Waals surface area contributed by atoms with Gasteiger partial charge in [0.05, 0.1) is 5.75 Å². The molecule has 1 heterocycles. The van der Waals surface area contributed by atoms with Gasteiger partial charge < -0.3 is 0 Å². The number of hydrogen-bond acceptors (Lipinski definition) is 3. The largest absolute Gasteiger partial charge is 0.295 e. The first-order valence-corrected chi connectivity index (χ1v) is 7.89. The van der Waals surface area contributed by atoms with Gasteiger partial charge in [0.15, 0.2) is 9.84 Å². The van der Waals surface area contributed by atoms with E-state index in [2.05, 4.69) is 36.6 Å². The van der Waals surface area contributed by atoms with Gasteiger partial charge >= 0.3 is 0 Å². The van der Waals surface area contributed by atoms with E-state index in [1.165, 1.54) is 11.1 Å². The summed E-state index contributed by atoms with van der Waals surface area (Å²) in [5.41, 5.74) is 2.69. The minimum absolute atomic E-state index is 0.156. The van der Waals surface area contributed by atoms with Crippen molar-refractivity contribution in [2.75, 3.05) is 12.3 Å². The van der Waals surface area contributed by atoms with Crippen molar-refractivity contribution in [1.29, 1.82) is 0 Å². The zero-order valence-corrected chi connectivity index (χ0v) is 11.5. The van der Waals surface area contributed by atoms with Crippen LogP contribution in [0.2, 0.25) is 0 Å². The van der Waals surface area contributed by atoms with Gasteiger partial charge in [-0.05, 0) is 24.5 Å². The highest BCUT2D eigenvalue weighted by Crippen LogP contribution is 2.22. The summed E-state index contributed by atoms with van der Waals surface area (Å²) in [6.45, 7) is 6.90. The van der Waals surface area contributed by atoms with E-state index in [1.807, 2.05) is 6.07 Å². The van der Waals surface area contributed by atoms with E-state index in [0.717, 1.165) is 18.4 Å². The van der Waals surface area contributed by atoms with E-state index in [0.29, 0.717) is 12.6 Å². The molecule has 0 spiro atoms. The Balaban J connectivity index is 2.06. The van der Waals surface area contributed by atoms with Gasteiger partial charge in [-0.3, -0.25) is 4.90 Å². The van der Waals surface area contributed by atoms with Gasteiger partial charge in [0, 0.05) is 24.5 Å². The Bertz CT molecular complexity index is 536. The zero-order chi connectivity index (χ0) is 13.2. The summed E-state index contributed by atoms with van der Waals surface area (Å²) in [4.78, 5) is 2.23. The van der Waals surface area contributed by atoms with Crippen molar-refractivity contribution in [2.24, 2.45) is 0 Å². The third-order valence-corrected chi connectivity index (χ3v) is 4.81. The fourth-order valence-electron chi connectivity index (χ4n) is 2.36. The highest BCUT2D eigenvalue weighted by molar-refractivity contribution is 7.94. The van der Waals surface area contributed by atoms with Crippen molar-refractivity contribution in [3.8, 4) is 0 Å². The molecule has 0 aliphatic carbocycles. The van der Waals surface area contributed by atoms with Crippen molar-refractivity contribution in [1.82, 2.24) is 4.90 Å². The maximum atomic E-state index is 11.4. The smallest absolute Gasteiger partial charge is 0.172 e. The second-order valence-electron chi connectivity index (χ2n) is 4.83. The first-order valence-electron chi connectivity index (χ1n) is 6.18. The van der Waals surface area contributed by atoms with Crippen LogP contribution in [0.25, 0.3) is 0 Å². The Morgan fingerprint density at radius 3 is 2.72 bits per heavy atom. The van der Waals surface area contributed by atoms with Crippen LogP contribution >= 0.6 is 0 Å². The molecule has 1 aliphatic rings.